The summed E-state index contributed by atoms with van der Waals surface area (Å²) in [5.74, 6) is -0.612. The molecular formula is C28H31ClN6O7. The van der Waals surface area contributed by atoms with Crippen molar-refractivity contribution in [1.29, 1.82) is 0 Å². The number of urea groups is 1. The van der Waals surface area contributed by atoms with Gasteiger partial charge in [-0.25, -0.2) is 9.59 Å². The standard InChI is InChI=1S/C28H31ClN6O7/c1-3-40-23-13-20(34-28(31)38)11-17(25(23)42-15-24(36)41-4-2)14-32-22-10-7-18(29)12-21(22)27(37)33-19-8-5-16(6-9-19)26(30)35-39/h5-13,32,39H,3-4,14-15H2,1-2H3,(H2,30,35)(H,33,37)(H3,31,34,38). The monoisotopic (exact) mass is 598 g/mol. The van der Waals surface area contributed by atoms with E-state index in [9.17, 15) is 14.4 Å². The molecule has 0 unspecified atom stereocenters. The van der Waals surface area contributed by atoms with Gasteiger partial charge in [0.2, 0.25) is 0 Å². The second-order valence-electron chi connectivity index (χ2n) is 8.54. The maximum atomic E-state index is 13.2. The van der Waals surface area contributed by atoms with E-state index in [1.165, 1.54) is 12.1 Å². The van der Waals surface area contributed by atoms with Crippen molar-refractivity contribution in [2.75, 3.05) is 35.8 Å². The molecule has 8 N–H and O–H groups in total. The van der Waals surface area contributed by atoms with Crippen LogP contribution in [0.25, 0.3) is 0 Å². The van der Waals surface area contributed by atoms with Crippen LogP contribution in [0.15, 0.2) is 59.8 Å². The van der Waals surface area contributed by atoms with E-state index in [1.807, 2.05) is 0 Å². The van der Waals surface area contributed by atoms with Crippen LogP contribution in [0.2, 0.25) is 5.02 Å². The van der Waals surface area contributed by atoms with Crippen molar-refractivity contribution < 1.29 is 33.8 Å². The third kappa shape index (κ3) is 8.66. The maximum Gasteiger partial charge on any atom is 0.344 e. The Bertz CT molecular complexity index is 1460. The van der Waals surface area contributed by atoms with Crippen molar-refractivity contribution in [3.8, 4) is 11.5 Å². The largest absolute Gasteiger partial charge is 0.490 e. The molecule has 0 aliphatic rings. The van der Waals surface area contributed by atoms with Gasteiger partial charge in [-0.2, -0.15) is 0 Å². The summed E-state index contributed by atoms with van der Waals surface area (Å²) in [7, 11) is 0. The summed E-state index contributed by atoms with van der Waals surface area (Å²) in [5.41, 5.74) is 13.3. The van der Waals surface area contributed by atoms with Crippen LogP contribution >= 0.6 is 11.6 Å². The van der Waals surface area contributed by atoms with Gasteiger partial charge in [0, 0.05) is 45.8 Å². The van der Waals surface area contributed by atoms with E-state index in [-0.39, 0.29) is 49.3 Å². The number of anilines is 3. The Morgan fingerprint density at radius 1 is 0.929 bits per heavy atom. The van der Waals surface area contributed by atoms with Gasteiger partial charge >= 0.3 is 12.0 Å². The number of oxime groups is 1. The van der Waals surface area contributed by atoms with Crippen molar-refractivity contribution in [1.82, 2.24) is 0 Å². The second-order valence-corrected chi connectivity index (χ2v) is 8.98. The minimum atomic E-state index is -0.785. The fourth-order valence-corrected chi connectivity index (χ4v) is 3.97. The number of rotatable bonds is 13. The number of amides is 3. The number of benzene rings is 3. The molecule has 3 rings (SSSR count). The first-order chi connectivity index (χ1) is 20.1. The number of halogens is 1. The maximum absolute atomic E-state index is 13.2. The molecule has 222 valence electrons. The number of nitrogens with one attached hydrogen (secondary N) is 3. The minimum Gasteiger partial charge on any atom is -0.490 e. The molecule has 3 amide bonds. The van der Waals surface area contributed by atoms with Crippen LogP contribution in [0.4, 0.5) is 21.9 Å². The second kappa shape index (κ2) is 15.0. The smallest absolute Gasteiger partial charge is 0.344 e. The van der Waals surface area contributed by atoms with Crippen LogP contribution in [-0.2, 0) is 16.1 Å². The predicted molar refractivity (Wildman–Crippen MR) is 159 cm³/mol. The SMILES string of the molecule is CCOC(=O)COc1c(CNc2ccc(Cl)cc2C(=O)Nc2ccc(/C(N)=N/O)cc2)cc(NC(N)=O)cc1OCC. The summed E-state index contributed by atoms with van der Waals surface area (Å²) < 4.78 is 16.4. The van der Waals surface area contributed by atoms with E-state index in [1.54, 1.807) is 56.3 Å². The summed E-state index contributed by atoms with van der Waals surface area (Å²) in [4.78, 5) is 36.8. The Morgan fingerprint density at radius 2 is 1.67 bits per heavy atom. The van der Waals surface area contributed by atoms with Gasteiger partial charge in [-0.3, -0.25) is 4.79 Å². The van der Waals surface area contributed by atoms with Crippen LogP contribution in [0.3, 0.4) is 0 Å². The van der Waals surface area contributed by atoms with E-state index in [4.69, 9.17) is 42.5 Å². The van der Waals surface area contributed by atoms with Crippen LogP contribution in [-0.4, -0.2) is 48.8 Å². The van der Waals surface area contributed by atoms with Gasteiger partial charge in [-0.1, -0.05) is 16.8 Å². The third-order valence-corrected chi connectivity index (χ3v) is 5.82. The molecule has 13 nitrogen and oxygen atoms in total. The number of amidine groups is 1. The molecule has 0 saturated heterocycles. The minimum absolute atomic E-state index is 0.0672. The highest BCUT2D eigenvalue weighted by Gasteiger charge is 2.19. The normalized spacial score (nSPS) is 10.9. The highest BCUT2D eigenvalue weighted by Crippen LogP contribution is 2.36. The average Bonchev–Trinajstić information content (AvgIpc) is 2.96. The van der Waals surface area contributed by atoms with Crippen LogP contribution < -0.4 is 36.9 Å². The molecule has 0 fully saturated rings. The first-order valence-corrected chi connectivity index (χ1v) is 13.1. The number of ether oxygens (including phenoxy) is 3. The highest BCUT2D eigenvalue weighted by molar-refractivity contribution is 6.31. The van der Waals surface area contributed by atoms with Gasteiger partial charge in [0.05, 0.1) is 18.8 Å². The number of carbonyl (C=O) groups is 3. The number of nitrogens with two attached hydrogens (primary N) is 2. The van der Waals surface area contributed by atoms with Crippen molar-refractivity contribution in [3.05, 3.63) is 76.3 Å². The zero-order chi connectivity index (χ0) is 30.6. The Kier molecular flexibility index (Phi) is 11.2. The molecule has 0 aliphatic carbocycles. The fourth-order valence-electron chi connectivity index (χ4n) is 3.80. The molecule has 0 aliphatic heterocycles. The van der Waals surface area contributed by atoms with Crippen molar-refractivity contribution in [3.63, 3.8) is 0 Å². The molecule has 42 heavy (non-hydrogen) atoms. The molecule has 0 heterocycles. The van der Waals surface area contributed by atoms with E-state index in [0.717, 1.165) is 0 Å². The molecule has 0 bridgehead atoms. The molecule has 0 atom stereocenters. The first-order valence-electron chi connectivity index (χ1n) is 12.7. The van der Waals surface area contributed by atoms with Gasteiger partial charge in [0.25, 0.3) is 5.91 Å². The molecule has 0 aromatic heterocycles. The number of carbonyl (C=O) groups excluding carboxylic acids is 3. The lowest BCUT2D eigenvalue weighted by molar-refractivity contribution is -0.145. The molecule has 3 aromatic carbocycles. The van der Waals surface area contributed by atoms with Gasteiger partial charge in [0.1, 0.15) is 0 Å². The lowest BCUT2D eigenvalue weighted by Gasteiger charge is -2.19. The van der Waals surface area contributed by atoms with E-state index in [0.29, 0.717) is 33.2 Å². The summed E-state index contributed by atoms with van der Waals surface area (Å²) in [5, 5.41) is 20.6. The summed E-state index contributed by atoms with van der Waals surface area (Å²) in [6, 6.07) is 13.4. The number of primary amides is 1. The Hall–Kier alpha value is -5.17. The van der Waals surface area contributed by atoms with Crippen molar-refractivity contribution in [2.45, 2.75) is 20.4 Å². The number of hydrogen-bond donors (Lipinski definition) is 6. The topological polar surface area (TPSA) is 200 Å². The highest BCUT2D eigenvalue weighted by atomic mass is 35.5. The number of esters is 1. The summed E-state index contributed by atoms with van der Waals surface area (Å²) in [6.07, 6.45) is 0. The molecule has 3 aromatic rings. The molecule has 0 radical (unpaired) electrons. The molecule has 14 heteroatoms. The Labute approximate surface area is 246 Å². The van der Waals surface area contributed by atoms with E-state index < -0.39 is 17.9 Å². The number of nitrogens with zero attached hydrogens (tertiary/aromatic N) is 1. The van der Waals surface area contributed by atoms with Gasteiger partial charge in [0.15, 0.2) is 23.9 Å². The van der Waals surface area contributed by atoms with Crippen LogP contribution in [0, 0.1) is 0 Å². The summed E-state index contributed by atoms with van der Waals surface area (Å²) >= 11 is 6.21. The Balaban J connectivity index is 1.91. The van der Waals surface area contributed by atoms with Crippen molar-refractivity contribution in [2.24, 2.45) is 16.6 Å². The lowest BCUT2D eigenvalue weighted by atomic mass is 10.1. The zero-order valence-electron chi connectivity index (χ0n) is 22.9. The van der Waals surface area contributed by atoms with Crippen LogP contribution in [0.5, 0.6) is 11.5 Å². The molecule has 0 saturated carbocycles. The summed E-state index contributed by atoms with van der Waals surface area (Å²) in [6.45, 7) is 3.59. The first kappa shape index (κ1) is 31.4. The van der Waals surface area contributed by atoms with Gasteiger partial charge < -0.3 is 46.8 Å². The van der Waals surface area contributed by atoms with Crippen LogP contribution in [0.1, 0.15) is 35.3 Å². The van der Waals surface area contributed by atoms with Gasteiger partial charge in [-0.15, -0.1) is 0 Å². The zero-order valence-corrected chi connectivity index (χ0v) is 23.7. The van der Waals surface area contributed by atoms with E-state index >= 15 is 0 Å². The number of hydrogen-bond acceptors (Lipinski definition) is 9. The van der Waals surface area contributed by atoms with Gasteiger partial charge in [-0.05, 0) is 62.4 Å². The molecular weight excluding hydrogens is 568 g/mol. The lowest BCUT2D eigenvalue weighted by Crippen LogP contribution is -2.20. The Morgan fingerprint density at radius 3 is 2.31 bits per heavy atom. The van der Waals surface area contributed by atoms with E-state index in [2.05, 4.69) is 21.1 Å². The third-order valence-electron chi connectivity index (χ3n) is 5.58. The quantitative estimate of drug-likeness (QED) is 0.0550. The van der Waals surface area contributed by atoms with Crippen molar-refractivity contribution >= 4 is 52.4 Å². The molecule has 0 spiro atoms. The predicted octanol–water partition coefficient (Wildman–Crippen LogP) is 4.13. The average molecular weight is 599 g/mol. The fraction of sp³-hybridized carbons (Fsp3) is 0.214.